The van der Waals surface area contributed by atoms with E-state index in [1.165, 1.54) is 6.33 Å². The van der Waals surface area contributed by atoms with Crippen molar-refractivity contribution in [2.75, 3.05) is 0 Å². The smallest absolute Gasteiger partial charge is 0.172 e. The van der Waals surface area contributed by atoms with Gasteiger partial charge in [0.25, 0.3) is 0 Å². The molecule has 0 saturated heterocycles. The highest BCUT2D eigenvalue weighted by Gasteiger charge is 2.15. The molecule has 0 radical (unpaired) electrons. The fourth-order valence-electron chi connectivity index (χ4n) is 1.85. The van der Waals surface area contributed by atoms with Crippen LogP contribution in [0.3, 0.4) is 0 Å². The van der Waals surface area contributed by atoms with Gasteiger partial charge in [-0.1, -0.05) is 0 Å². The van der Waals surface area contributed by atoms with Crippen molar-refractivity contribution in [3.63, 3.8) is 0 Å². The van der Waals surface area contributed by atoms with Crippen LogP contribution in [-0.4, -0.2) is 25.5 Å². The van der Waals surface area contributed by atoms with Crippen LogP contribution in [0.5, 0.6) is 0 Å². The van der Waals surface area contributed by atoms with Crippen molar-refractivity contribution in [1.82, 2.24) is 19.7 Å². The molecule has 2 rings (SSSR count). The van der Waals surface area contributed by atoms with Gasteiger partial charge >= 0.3 is 0 Å². The van der Waals surface area contributed by atoms with E-state index in [-0.39, 0.29) is 18.2 Å². The van der Waals surface area contributed by atoms with Gasteiger partial charge < -0.3 is 0 Å². The topological polar surface area (TPSA) is 60.7 Å². The number of aromatic nitrogens is 4. The molecule has 5 heteroatoms. The van der Waals surface area contributed by atoms with Crippen molar-refractivity contribution in [1.29, 1.82) is 0 Å². The number of rotatable bonds is 4. The third-order valence-electron chi connectivity index (χ3n) is 2.76. The largest absolute Gasteiger partial charge is 0.294 e. The summed E-state index contributed by atoms with van der Waals surface area (Å²) in [4.78, 5) is 20.5. The van der Waals surface area contributed by atoms with E-state index >= 15 is 0 Å². The number of nitrogens with zero attached hydrogens (tertiary/aromatic N) is 4. The molecule has 0 atom stereocenters. The lowest BCUT2D eigenvalue weighted by Crippen LogP contribution is -2.14. The number of carbonyl (C=O) groups excluding carboxylic acids is 1. The third kappa shape index (κ3) is 2.45. The molecular formula is C13H16N4O. The normalized spacial score (nSPS) is 10.9. The minimum atomic E-state index is 0.0236. The second-order valence-corrected chi connectivity index (χ2v) is 4.45. The first-order valence-corrected chi connectivity index (χ1v) is 5.92. The van der Waals surface area contributed by atoms with Gasteiger partial charge in [0.05, 0.1) is 6.42 Å². The van der Waals surface area contributed by atoms with Gasteiger partial charge in [0.2, 0.25) is 0 Å². The Morgan fingerprint density at radius 2 is 2.17 bits per heavy atom. The van der Waals surface area contributed by atoms with Gasteiger partial charge in [-0.05, 0) is 32.9 Å². The Bertz CT molecular complexity index is 560. The summed E-state index contributed by atoms with van der Waals surface area (Å²) in [6.07, 6.45) is 3.42. The highest BCUT2D eigenvalue weighted by molar-refractivity contribution is 5.97. The molecule has 2 aromatic heterocycles. The van der Waals surface area contributed by atoms with Crippen molar-refractivity contribution in [3.05, 3.63) is 41.7 Å². The van der Waals surface area contributed by atoms with Crippen LogP contribution in [0.15, 0.2) is 24.7 Å². The predicted molar refractivity (Wildman–Crippen MR) is 67.4 cm³/mol. The summed E-state index contributed by atoms with van der Waals surface area (Å²) in [7, 11) is 0. The predicted octanol–water partition coefficient (Wildman–Crippen LogP) is 1.99. The molecule has 0 aliphatic heterocycles. The Hall–Kier alpha value is -2.04. The van der Waals surface area contributed by atoms with E-state index in [1.54, 1.807) is 23.0 Å². The lowest BCUT2D eigenvalue weighted by atomic mass is 10.1. The highest BCUT2D eigenvalue weighted by atomic mass is 16.1. The molecule has 0 fully saturated rings. The summed E-state index contributed by atoms with van der Waals surface area (Å²) in [5, 5.41) is 4.12. The van der Waals surface area contributed by atoms with Crippen LogP contribution < -0.4 is 0 Å². The summed E-state index contributed by atoms with van der Waals surface area (Å²) in [5.74, 6) is 0.716. The number of aryl methyl sites for hydroxylation is 1. The fourth-order valence-corrected chi connectivity index (χ4v) is 1.85. The van der Waals surface area contributed by atoms with Crippen LogP contribution in [-0.2, 0) is 6.42 Å². The van der Waals surface area contributed by atoms with E-state index in [9.17, 15) is 4.79 Å². The zero-order valence-corrected chi connectivity index (χ0v) is 10.8. The summed E-state index contributed by atoms with van der Waals surface area (Å²) < 4.78 is 1.77. The number of ketones is 1. The van der Waals surface area contributed by atoms with Crippen LogP contribution in [0.1, 0.15) is 41.8 Å². The van der Waals surface area contributed by atoms with Crippen molar-refractivity contribution in [2.24, 2.45) is 0 Å². The molecule has 0 spiro atoms. The average molecular weight is 244 g/mol. The quantitative estimate of drug-likeness (QED) is 0.772. The monoisotopic (exact) mass is 244 g/mol. The Balaban J connectivity index is 2.22. The molecule has 0 bridgehead atoms. The maximum Gasteiger partial charge on any atom is 0.172 e. The number of hydrogen-bond donors (Lipinski definition) is 0. The van der Waals surface area contributed by atoms with Crippen molar-refractivity contribution in [2.45, 2.75) is 33.2 Å². The summed E-state index contributed by atoms with van der Waals surface area (Å²) in [6.45, 7) is 5.86. The van der Waals surface area contributed by atoms with Gasteiger partial charge in [-0.25, -0.2) is 9.67 Å². The molecule has 0 aliphatic carbocycles. The molecule has 2 heterocycles. The first-order valence-electron chi connectivity index (χ1n) is 5.92. The van der Waals surface area contributed by atoms with Crippen molar-refractivity contribution < 1.29 is 4.79 Å². The van der Waals surface area contributed by atoms with Crippen molar-refractivity contribution in [3.8, 4) is 0 Å². The maximum atomic E-state index is 12.2. The Morgan fingerprint density at radius 1 is 1.39 bits per heavy atom. The average Bonchev–Trinajstić information content (AvgIpc) is 2.77. The second kappa shape index (κ2) is 5.08. The second-order valence-electron chi connectivity index (χ2n) is 4.45. The van der Waals surface area contributed by atoms with Gasteiger partial charge in [0, 0.05) is 23.5 Å². The molecule has 0 aromatic carbocycles. The zero-order valence-electron chi connectivity index (χ0n) is 10.8. The molecule has 18 heavy (non-hydrogen) atoms. The van der Waals surface area contributed by atoms with E-state index in [0.717, 1.165) is 5.69 Å². The van der Waals surface area contributed by atoms with Gasteiger partial charge in [-0.2, -0.15) is 5.10 Å². The van der Waals surface area contributed by atoms with Crippen molar-refractivity contribution >= 4 is 5.78 Å². The highest BCUT2D eigenvalue weighted by Crippen LogP contribution is 2.11. The Kier molecular flexibility index (Phi) is 3.50. The summed E-state index contributed by atoms with van der Waals surface area (Å²) in [6, 6.07) is 3.76. The number of carbonyl (C=O) groups is 1. The first-order chi connectivity index (χ1) is 8.59. The molecule has 2 aromatic rings. The van der Waals surface area contributed by atoms with Crippen LogP contribution >= 0.6 is 0 Å². The lowest BCUT2D eigenvalue weighted by Gasteiger charge is -2.09. The number of pyridine rings is 1. The minimum Gasteiger partial charge on any atom is -0.294 e. The van der Waals surface area contributed by atoms with Gasteiger partial charge in [0.15, 0.2) is 5.78 Å². The van der Waals surface area contributed by atoms with E-state index < -0.39 is 0 Å². The molecule has 0 amide bonds. The van der Waals surface area contributed by atoms with Crippen LogP contribution in [0.2, 0.25) is 0 Å². The molecule has 0 saturated carbocycles. The standard InChI is InChI=1S/C13H16N4O/c1-9(2)17-13(15-8-16-17)7-12(18)11-5-4-6-14-10(11)3/h4-6,8-9H,7H2,1-3H3. The molecule has 94 valence electrons. The van der Waals surface area contributed by atoms with E-state index in [4.69, 9.17) is 0 Å². The van der Waals surface area contributed by atoms with Crippen LogP contribution in [0.25, 0.3) is 0 Å². The number of Topliss-reactive ketones (excluding diaryl/α,β-unsaturated/α-hetero) is 1. The fraction of sp³-hybridized carbons (Fsp3) is 0.385. The molecule has 0 unspecified atom stereocenters. The SMILES string of the molecule is Cc1ncccc1C(=O)Cc1ncnn1C(C)C. The molecule has 0 aliphatic rings. The first kappa shape index (κ1) is 12.4. The summed E-state index contributed by atoms with van der Waals surface area (Å²) >= 11 is 0. The van der Waals surface area contributed by atoms with Gasteiger partial charge in [-0.3, -0.25) is 9.78 Å². The Labute approximate surface area is 106 Å². The maximum absolute atomic E-state index is 12.2. The molecular weight excluding hydrogens is 228 g/mol. The van der Waals surface area contributed by atoms with Crippen LogP contribution in [0, 0.1) is 6.92 Å². The van der Waals surface area contributed by atoms with Gasteiger partial charge in [-0.15, -0.1) is 0 Å². The minimum absolute atomic E-state index is 0.0236. The van der Waals surface area contributed by atoms with Crippen LogP contribution in [0.4, 0.5) is 0 Å². The van der Waals surface area contributed by atoms with E-state index in [0.29, 0.717) is 11.4 Å². The van der Waals surface area contributed by atoms with E-state index in [1.807, 2.05) is 20.8 Å². The Morgan fingerprint density at radius 3 is 2.83 bits per heavy atom. The lowest BCUT2D eigenvalue weighted by molar-refractivity contribution is 0.0988. The third-order valence-corrected chi connectivity index (χ3v) is 2.76. The van der Waals surface area contributed by atoms with Gasteiger partial charge in [0.1, 0.15) is 12.2 Å². The number of hydrogen-bond acceptors (Lipinski definition) is 4. The molecule has 0 N–H and O–H groups in total. The van der Waals surface area contributed by atoms with E-state index in [2.05, 4.69) is 15.1 Å². The molecule has 5 nitrogen and oxygen atoms in total. The zero-order chi connectivity index (χ0) is 13.1. The summed E-state index contributed by atoms with van der Waals surface area (Å²) in [5.41, 5.74) is 1.40.